The molecule has 2 aromatic rings. The van der Waals surface area contributed by atoms with Crippen molar-refractivity contribution in [3.63, 3.8) is 0 Å². The van der Waals surface area contributed by atoms with E-state index in [0.29, 0.717) is 28.9 Å². The van der Waals surface area contributed by atoms with Crippen LogP contribution in [0.1, 0.15) is 6.23 Å². The number of nitrogen functional groups attached to an aromatic ring is 1. The monoisotopic (exact) mass is 515 g/mol. The van der Waals surface area contributed by atoms with Crippen LogP contribution in [0, 0.1) is 0 Å². The summed E-state index contributed by atoms with van der Waals surface area (Å²) in [7, 11) is -4.32. The number of fused-ring (bicyclic) bond motifs is 1. The summed E-state index contributed by atoms with van der Waals surface area (Å²) < 4.78 is 31.5. The van der Waals surface area contributed by atoms with Crippen LogP contribution in [0.2, 0.25) is 0 Å². The Bertz CT molecular complexity index is 945. The first-order valence-corrected chi connectivity index (χ1v) is 11.2. The Morgan fingerprint density at radius 3 is 2.73 bits per heavy atom. The molecule has 12 nitrogen and oxygen atoms in total. The van der Waals surface area contributed by atoms with Crippen LogP contribution in [-0.2, 0) is 18.6 Å². The van der Waals surface area contributed by atoms with Gasteiger partial charge in [-0.3, -0.25) is 9.13 Å². The number of nitrogens with zero attached hydrogens (tertiary/aromatic N) is 4. The number of ether oxygens (including phenoxy) is 2. The smallest absolute Gasteiger partial charge is 0.766 e. The van der Waals surface area contributed by atoms with Gasteiger partial charge in [0.05, 0.1) is 29.8 Å². The van der Waals surface area contributed by atoms with Crippen molar-refractivity contribution in [2.45, 2.75) is 24.5 Å². The molecule has 0 aromatic carbocycles. The predicted molar refractivity (Wildman–Crippen MR) is 102 cm³/mol. The minimum Gasteiger partial charge on any atom is -0.766 e. The van der Waals surface area contributed by atoms with E-state index < -0.39 is 38.9 Å². The third kappa shape index (κ3) is 4.63. The van der Waals surface area contributed by atoms with E-state index in [-0.39, 0.29) is 48.5 Å². The molecule has 1 unspecified atom stereocenters. The Morgan fingerprint density at radius 2 is 2.03 bits per heavy atom. The van der Waals surface area contributed by atoms with Crippen LogP contribution in [0.25, 0.3) is 11.0 Å². The summed E-state index contributed by atoms with van der Waals surface area (Å²) in [4.78, 5) is 20.4. The quantitative estimate of drug-likeness (QED) is 0.264. The molecule has 0 amide bonds. The zero-order valence-corrected chi connectivity index (χ0v) is 20.6. The second-order valence-electron chi connectivity index (χ2n) is 6.71. The summed E-state index contributed by atoms with van der Waals surface area (Å²) in [5.74, 6) is 0.250. The van der Waals surface area contributed by atoms with Crippen molar-refractivity contribution in [3.8, 4) is 0 Å². The Hall–Kier alpha value is -0.150. The van der Waals surface area contributed by atoms with Crippen LogP contribution in [0.15, 0.2) is 17.0 Å². The van der Waals surface area contributed by atoms with E-state index in [9.17, 15) is 19.7 Å². The zero-order chi connectivity index (χ0) is 20.8. The van der Waals surface area contributed by atoms with Crippen LogP contribution >= 0.6 is 23.7 Å². The summed E-state index contributed by atoms with van der Waals surface area (Å²) in [6, 6.07) is 1.67. The Balaban J connectivity index is 0.00000256. The molecule has 2 saturated heterocycles. The van der Waals surface area contributed by atoms with Gasteiger partial charge in [0.2, 0.25) is 7.75 Å². The topological polar surface area (TPSA) is 168 Å². The van der Waals surface area contributed by atoms with Gasteiger partial charge in [-0.15, -0.1) is 0 Å². The molecule has 0 aliphatic carbocycles. The van der Waals surface area contributed by atoms with Gasteiger partial charge in [-0.05, 0) is 22.0 Å². The molecule has 30 heavy (non-hydrogen) atoms. The Labute approximate surface area is 202 Å². The minimum atomic E-state index is -4.32. The fraction of sp³-hybridized carbons (Fsp3) is 0.600. The van der Waals surface area contributed by atoms with Crippen molar-refractivity contribution in [1.29, 1.82) is 0 Å². The first-order chi connectivity index (χ1) is 13.8. The van der Waals surface area contributed by atoms with Gasteiger partial charge in [0.25, 0.3) is 0 Å². The fourth-order valence-corrected chi connectivity index (χ4v) is 5.14. The average molecular weight is 516 g/mol. The molecule has 2 aliphatic heterocycles. The molecule has 4 heterocycles. The van der Waals surface area contributed by atoms with Crippen LogP contribution in [0.4, 0.5) is 5.82 Å². The molecule has 5 atom stereocenters. The van der Waals surface area contributed by atoms with Gasteiger partial charge in [0.1, 0.15) is 36.1 Å². The molecule has 2 fully saturated rings. The molecule has 2 aromatic heterocycles. The van der Waals surface area contributed by atoms with Gasteiger partial charge in [0, 0.05) is 13.1 Å². The number of aliphatic hydroxyl groups is 2. The second kappa shape index (κ2) is 9.77. The maximum Gasteiger partial charge on any atom is 1.00 e. The summed E-state index contributed by atoms with van der Waals surface area (Å²) in [6.45, 7) is 0.533. The maximum absolute atomic E-state index is 12.3. The molecule has 0 spiro atoms. The minimum absolute atomic E-state index is 0. The van der Waals surface area contributed by atoms with Gasteiger partial charge < -0.3 is 34.8 Å². The van der Waals surface area contributed by atoms with Crippen molar-refractivity contribution in [2.24, 2.45) is 0 Å². The van der Waals surface area contributed by atoms with Gasteiger partial charge in [-0.2, -0.15) is 0 Å². The third-order valence-corrected chi connectivity index (χ3v) is 7.12. The van der Waals surface area contributed by atoms with Gasteiger partial charge >= 0.3 is 29.6 Å². The molecular weight excluding hydrogens is 496 g/mol. The first kappa shape index (κ1) is 24.5. The summed E-state index contributed by atoms with van der Waals surface area (Å²) in [6.07, 6.45) is -3.54. The molecule has 0 bridgehead atoms. The average Bonchev–Trinajstić information content (AvgIpc) is 3.18. The van der Waals surface area contributed by atoms with Crippen molar-refractivity contribution < 1.29 is 63.2 Å². The largest absolute Gasteiger partial charge is 1.00 e. The van der Waals surface area contributed by atoms with E-state index in [1.54, 1.807) is 6.07 Å². The van der Waals surface area contributed by atoms with E-state index in [1.807, 2.05) is 0 Å². The van der Waals surface area contributed by atoms with Gasteiger partial charge in [0.15, 0.2) is 6.23 Å². The number of aromatic nitrogens is 3. The number of hydrogen-bond acceptors (Lipinski definition) is 10. The molecule has 0 saturated carbocycles. The van der Waals surface area contributed by atoms with Gasteiger partial charge in [-0.25, -0.2) is 14.6 Å². The van der Waals surface area contributed by atoms with E-state index >= 15 is 0 Å². The van der Waals surface area contributed by atoms with Crippen LogP contribution in [0.3, 0.4) is 0 Å². The van der Waals surface area contributed by atoms with Crippen LogP contribution in [0.5, 0.6) is 0 Å². The second-order valence-corrected chi connectivity index (χ2v) is 9.28. The predicted octanol–water partition coefficient (Wildman–Crippen LogP) is -3.78. The van der Waals surface area contributed by atoms with Crippen molar-refractivity contribution in [2.75, 3.05) is 38.6 Å². The molecule has 160 valence electrons. The summed E-state index contributed by atoms with van der Waals surface area (Å²) >= 11 is 3.37. The zero-order valence-electron chi connectivity index (χ0n) is 16.1. The maximum atomic E-state index is 12.3. The molecule has 2 aliphatic rings. The van der Waals surface area contributed by atoms with Crippen molar-refractivity contribution in [1.82, 2.24) is 19.2 Å². The number of morpholine rings is 1. The molecule has 4 rings (SSSR count). The summed E-state index contributed by atoms with van der Waals surface area (Å²) in [5, 5.41) is 21.4. The van der Waals surface area contributed by atoms with Crippen LogP contribution in [-0.4, -0.2) is 80.6 Å². The number of hydrogen-bond donors (Lipinski definition) is 3. The first-order valence-electron chi connectivity index (χ1n) is 8.87. The fourth-order valence-electron chi connectivity index (χ4n) is 3.39. The molecular formula is C15H20BrN5NaO7P. The van der Waals surface area contributed by atoms with E-state index in [1.165, 1.54) is 15.6 Å². The van der Waals surface area contributed by atoms with Crippen molar-refractivity contribution >= 4 is 40.5 Å². The van der Waals surface area contributed by atoms with E-state index in [0.717, 1.165) is 0 Å². The number of halogens is 1. The van der Waals surface area contributed by atoms with Crippen molar-refractivity contribution in [3.05, 3.63) is 17.0 Å². The van der Waals surface area contributed by atoms with E-state index in [4.69, 9.17) is 19.7 Å². The van der Waals surface area contributed by atoms with Gasteiger partial charge in [-0.1, -0.05) is 0 Å². The van der Waals surface area contributed by atoms with E-state index in [2.05, 4.69) is 25.9 Å². The summed E-state index contributed by atoms with van der Waals surface area (Å²) in [5.41, 5.74) is 6.25. The normalized spacial score (nSPS) is 29.6. The standard InChI is InChI=1S/C15H21BrN5O7P.Na/c16-10-5-8-13(17)18-7-19-14(8)21(10)15-12(23)11(22)9(28-15)6-27-29(24,25)20-1-3-26-4-2-20;/h5,7,9,11-12,15,22-23H,1-4,6H2,(H,24,25)(H2,17,18,19);/q;+1/p-1/t9-,11-,12-,15-;/m1./s1. The third-order valence-electron chi connectivity index (χ3n) is 4.94. The number of rotatable bonds is 5. The number of nitrogens with two attached hydrogens (primary N) is 1. The molecule has 0 radical (unpaired) electrons. The molecule has 4 N–H and O–H groups in total. The van der Waals surface area contributed by atoms with Crippen LogP contribution < -0.4 is 40.2 Å². The number of aliphatic hydroxyl groups excluding tert-OH is 2. The SMILES string of the molecule is Nc1ncnc2c1cc(Br)n2[C@@H]1O[C@H](COP(=O)([O-])N2CCOCC2)[C@@H](O)[C@H]1O.[Na+]. The number of anilines is 1. The molecule has 15 heteroatoms. The Kier molecular flexibility index (Phi) is 7.98. The Morgan fingerprint density at radius 1 is 1.33 bits per heavy atom.